The van der Waals surface area contributed by atoms with E-state index in [-0.39, 0.29) is 0 Å². The fourth-order valence-corrected chi connectivity index (χ4v) is 15.6. The van der Waals surface area contributed by atoms with E-state index in [0.717, 1.165) is 121 Å². The van der Waals surface area contributed by atoms with E-state index in [4.69, 9.17) is 9.97 Å². The highest BCUT2D eigenvalue weighted by atomic mass is 32.2. The van der Waals surface area contributed by atoms with Crippen LogP contribution in [-0.4, -0.2) is 28.2 Å². The molecule has 7 nitrogen and oxygen atoms in total. The van der Waals surface area contributed by atoms with Crippen LogP contribution in [0.5, 0.6) is 0 Å². The van der Waals surface area contributed by atoms with Gasteiger partial charge >= 0.3 is 0 Å². The second-order valence-corrected chi connectivity index (χ2v) is 22.2. The lowest BCUT2D eigenvalue weighted by Gasteiger charge is -2.41. The van der Waals surface area contributed by atoms with E-state index in [1.165, 1.54) is 32.3 Å². The molecule has 370 valence electrons. The lowest BCUT2D eigenvalue weighted by molar-refractivity contribution is 0.713. The number of hydrogen-bond acceptors (Lipinski definition) is 4. The molecule has 0 saturated carbocycles. The van der Waals surface area contributed by atoms with Gasteiger partial charge in [0.05, 0.1) is 108 Å². The number of hydrogen-bond donors (Lipinski definition) is 0. The van der Waals surface area contributed by atoms with E-state index in [1.54, 1.807) is 0 Å². The van der Waals surface area contributed by atoms with Crippen LogP contribution in [0.15, 0.2) is 259 Å². The molecule has 2 aliphatic rings. The minimum absolute atomic E-state index is 0.630. The van der Waals surface area contributed by atoms with Crippen molar-refractivity contribution in [1.29, 1.82) is 5.26 Å². The van der Waals surface area contributed by atoms with Crippen molar-refractivity contribution in [2.45, 2.75) is 15.2 Å². The van der Waals surface area contributed by atoms with Crippen molar-refractivity contribution in [3.63, 3.8) is 0 Å². The van der Waals surface area contributed by atoms with Crippen LogP contribution in [0.25, 0.3) is 121 Å². The minimum Gasteiger partial charge on any atom is -0.308 e. The molecule has 18 rings (SSSR count). The first-order valence-electron chi connectivity index (χ1n) is 27.0. The third kappa shape index (κ3) is 5.58. The molecule has 1 aliphatic carbocycles. The SMILES string of the molecule is N#Cc1ccc2c(c1)c1ccccc1n2-c1cccc2c1Sc1c(-n3c4ccccc4c4ccccc43)cccc1C21c2cc(-n3c4ccccc4c4ccccc43)cnc2-c2ncc(-n3c4ccccc4c4ccccc43)cc21. The van der Waals surface area contributed by atoms with Crippen LogP contribution in [0.4, 0.5) is 0 Å². The van der Waals surface area contributed by atoms with Crippen molar-refractivity contribution in [2.75, 3.05) is 0 Å². The summed E-state index contributed by atoms with van der Waals surface area (Å²) in [6, 6.07) is 88.3. The van der Waals surface area contributed by atoms with Crippen LogP contribution in [0.3, 0.4) is 0 Å². The van der Waals surface area contributed by atoms with Gasteiger partial charge in [0.1, 0.15) is 0 Å². The Labute approximate surface area is 462 Å². The quantitative estimate of drug-likeness (QED) is 0.176. The first-order valence-corrected chi connectivity index (χ1v) is 27.8. The molecule has 6 aromatic heterocycles. The van der Waals surface area contributed by atoms with Crippen molar-refractivity contribution < 1.29 is 0 Å². The van der Waals surface area contributed by atoms with E-state index in [1.807, 2.05) is 23.9 Å². The molecule has 8 heteroatoms. The zero-order valence-corrected chi connectivity index (χ0v) is 43.5. The van der Waals surface area contributed by atoms with E-state index in [0.29, 0.717) is 5.56 Å². The molecule has 16 aromatic rings. The summed E-state index contributed by atoms with van der Waals surface area (Å²) in [4.78, 5) is 13.6. The normalized spacial score (nSPS) is 13.3. The van der Waals surface area contributed by atoms with Gasteiger partial charge in [0.2, 0.25) is 0 Å². The summed E-state index contributed by atoms with van der Waals surface area (Å²) in [5, 5.41) is 19.6. The number of fused-ring (bicyclic) bond motifs is 21. The summed E-state index contributed by atoms with van der Waals surface area (Å²) in [5.74, 6) is 0. The van der Waals surface area contributed by atoms with Crippen LogP contribution in [-0.2, 0) is 5.41 Å². The maximum atomic E-state index is 10.3. The van der Waals surface area contributed by atoms with Crippen LogP contribution in [0.2, 0.25) is 0 Å². The van der Waals surface area contributed by atoms with Gasteiger partial charge in [0.25, 0.3) is 0 Å². The fraction of sp³-hybridized carbons (Fsp3) is 0.0139. The molecule has 0 radical (unpaired) electrons. The molecule has 0 atom stereocenters. The van der Waals surface area contributed by atoms with Crippen LogP contribution in [0, 0.1) is 11.3 Å². The molecule has 0 amide bonds. The Bertz CT molecular complexity index is 5130. The smallest absolute Gasteiger partial charge is 0.0991 e. The molecule has 80 heavy (non-hydrogen) atoms. The largest absolute Gasteiger partial charge is 0.308 e. The van der Waals surface area contributed by atoms with Crippen molar-refractivity contribution in [1.82, 2.24) is 28.2 Å². The average Bonchev–Trinajstić information content (AvgIpc) is 4.48. The second kappa shape index (κ2) is 16.1. The van der Waals surface area contributed by atoms with Gasteiger partial charge in [-0.05, 0) is 96.1 Å². The van der Waals surface area contributed by atoms with Gasteiger partial charge in [-0.3, -0.25) is 9.97 Å². The van der Waals surface area contributed by atoms with E-state index < -0.39 is 5.41 Å². The van der Waals surface area contributed by atoms with Gasteiger partial charge in [-0.15, -0.1) is 0 Å². The van der Waals surface area contributed by atoms with Crippen LogP contribution < -0.4 is 0 Å². The third-order valence-electron chi connectivity index (χ3n) is 17.3. The Morgan fingerprint density at radius 2 is 0.662 bits per heavy atom. The van der Waals surface area contributed by atoms with Crippen LogP contribution in [0.1, 0.15) is 27.8 Å². The molecule has 7 heterocycles. The summed E-state index contributed by atoms with van der Waals surface area (Å²) in [7, 11) is 0. The number of rotatable bonds is 4. The summed E-state index contributed by atoms with van der Waals surface area (Å²) < 4.78 is 9.70. The molecule has 0 bridgehead atoms. The maximum Gasteiger partial charge on any atom is 0.0991 e. The number of nitrogens with zero attached hydrogens (tertiary/aromatic N) is 7. The Kier molecular flexibility index (Phi) is 8.76. The first-order chi connectivity index (χ1) is 39.7. The molecule has 0 N–H and O–H groups in total. The Balaban J connectivity index is 1.02. The predicted molar refractivity (Wildman–Crippen MR) is 326 cm³/mol. The molecule has 0 saturated heterocycles. The van der Waals surface area contributed by atoms with Gasteiger partial charge in [-0.2, -0.15) is 5.26 Å². The number of nitriles is 1. The van der Waals surface area contributed by atoms with Gasteiger partial charge in [-0.1, -0.05) is 163 Å². The lowest BCUT2D eigenvalue weighted by Crippen LogP contribution is -2.33. The summed E-state index contributed by atoms with van der Waals surface area (Å²) in [6.45, 7) is 0. The zero-order chi connectivity index (χ0) is 52.4. The fourth-order valence-electron chi connectivity index (χ4n) is 14.2. The third-order valence-corrected chi connectivity index (χ3v) is 18.6. The van der Waals surface area contributed by atoms with Crippen molar-refractivity contribution in [3.8, 4) is 40.2 Å². The molecule has 0 unspecified atom stereocenters. The Hall–Kier alpha value is -10.5. The average molecular weight is 1040 g/mol. The number of para-hydroxylation sites is 7. The van der Waals surface area contributed by atoms with Gasteiger partial charge in [-0.25, -0.2) is 0 Å². The molecule has 10 aromatic carbocycles. The van der Waals surface area contributed by atoms with Gasteiger partial charge < -0.3 is 18.3 Å². The molecule has 0 fully saturated rings. The highest BCUT2D eigenvalue weighted by Gasteiger charge is 2.53. The highest BCUT2D eigenvalue weighted by Crippen LogP contribution is 2.64. The monoisotopic (exact) mass is 1040 g/mol. The first kappa shape index (κ1) is 43.6. The van der Waals surface area contributed by atoms with E-state index in [9.17, 15) is 5.26 Å². The maximum absolute atomic E-state index is 10.3. The summed E-state index contributed by atoms with van der Waals surface area (Å²) in [6.07, 6.45) is 4.11. The van der Waals surface area contributed by atoms with Crippen molar-refractivity contribution in [2.24, 2.45) is 0 Å². The summed E-state index contributed by atoms with van der Waals surface area (Å²) in [5.41, 5.74) is 18.8. The number of pyridine rings is 2. The molecular formula is C72H41N7S. The minimum atomic E-state index is -0.971. The Morgan fingerprint density at radius 1 is 0.325 bits per heavy atom. The Morgan fingerprint density at radius 3 is 1.04 bits per heavy atom. The number of benzene rings is 10. The predicted octanol–water partition coefficient (Wildman–Crippen LogP) is 17.6. The molecular weight excluding hydrogens is 995 g/mol. The van der Waals surface area contributed by atoms with Gasteiger partial charge in [0.15, 0.2) is 0 Å². The number of aromatic nitrogens is 6. The van der Waals surface area contributed by atoms with Crippen molar-refractivity contribution >= 4 is 99.0 Å². The van der Waals surface area contributed by atoms with Crippen molar-refractivity contribution in [3.05, 3.63) is 277 Å². The van der Waals surface area contributed by atoms with Gasteiger partial charge in [0, 0.05) is 64.0 Å². The summed E-state index contributed by atoms with van der Waals surface area (Å²) >= 11 is 1.85. The standard InChI is InChI=1S/C72H41N7S/c73-40-43-35-36-65-53(37-43)52-23-7-14-32-64(52)79(65)67-34-16-25-55-71(67)80-70-54(24-15-33-66(70)78-62-30-12-5-21-50(62)51-22-6-13-31-63(51)78)72(55)56-38-44(76-58-26-8-1-17-46(58)47-18-2-9-27-59(47)76)41-74-68(56)69-57(72)39-45(42-75-69)77-60-28-10-3-19-48(60)49-20-4-11-29-61(49)77/h1-39,41-42H. The zero-order valence-electron chi connectivity index (χ0n) is 42.7. The van der Waals surface area contributed by atoms with E-state index in [2.05, 4.69) is 261 Å². The van der Waals surface area contributed by atoms with E-state index >= 15 is 0 Å². The van der Waals surface area contributed by atoms with Crippen LogP contribution >= 0.6 is 11.8 Å². The molecule has 1 spiro atoms. The topological polar surface area (TPSA) is 69.3 Å². The second-order valence-electron chi connectivity index (χ2n) is 21.1. The highest BCUT2D eigenvalue weighted by molar-refractivity contribution is 7.99. The molecule has 1 aliphatic heterocycles. The lowest BCUT2D eigenvalue weighted by atomic mass is 9.67.